The highest BCUT2D eigenvalue weighted by Gasteiger charge is 2.15. The summed E-state index contributed by atoms with van der Waals surface area (Å²) in [6.07, 6.45) is -1.85. The molecule has 0 bridgehead atoms. The Morgan fingerprint density at radius 1 is 1.62 bits per heavy atom. The number of carbonyl (C=O) groups is 1. The molecule has 7 heteroatoms. The van der Waals surface area contributed by atoms with Gasteiger partial charge in [-0.2, -0.15) is 8.78 Å². The molecule has 13 heavy (non-hydrogen) atoms. The van der Waals surface area contributed by atoms with E-state index < -0.39 is 12.3 Å². The van der Waals surface area contributed by atoms with E-state index in [-0.39, 0.29) is 11.1 Å². The molecule has 1 N–H and O–H groups in total. The van der Waals surface area contributed by atoms with Crippen LogP contribution in [-0.4, -0.2) is 22.3 Å². The summed E-state index contributed by atoms with van der Waals surface area (Å²) in [6, 6.07) is 1.36. The number of halogens is 3. The van der Waals surface area contributed by atoms with Crippen LogP contribution >= 0.6 is 11.6 Å². The molecule has 1 heterocycles. The molecule has 0 saturated carbocycles. The SMILES string of the molecule is O=C(Nc1nccc(Cl)n1)C(F)F. The highest BCUT2D eigenvalue weighted by Crippen LogP contribution is 2.06. The van der Waals surface area contributed by atoms with E-state index in [1.54, 1.807) is 5.32 Å². The smallest absolute Gasteiger partial charge is 0.289 e. The molecule has 70 valence electrons. The standard InChI is InChI=1S/C6H4ClF2N3O/c7-3-1-2-10-6(11-3)12-5(13)4(8)9/h1-2,4H,(H,10,11,12,13). The normalized spacial score (nSPS) is 10.2. The van der Waals surface area contributed by atoms with Gasteiger partial charge in [-0.05, 0) is 6.07 Å². The van der Waals surface area contributed by atoms with Gasteiger partial charge >= 0.3 is 6.43 Å². The Bertz CT molecular complexity index is 321. The molecule has 4 nitrogen and oxygen atoms in total. The second kappa shape index (κ2) is 4.08. The maximum Gasteiger partial charge on any atom is 0.315 e. The zero-order valence-electron chi connectivity index (χ0n) is 6.17. The molecular weight excluding hydrogens is 204 g/mol. The maximum absolute atomic E-state index is 11.7. The fraction of sp³-hybridized carbons (Fsp3) is 0.167. The third kappa shape index (κ3) is 2.90. The lowest BCUT2D eigenvalue weighted by Crippen LogP contribution is -2.21. The molecular formula is C6H4ClF2N3O. The van der Waals surface area contributed by atoms with Gasteiger partial charge in [0.05, 0.1) is 0 Å². The van der Waals surface area contributed by atoms with Crippen LogP contribution in [0, 0.1) is 0 Å². The second-order valence-electron chi connectivity index (χ2n) is 1.99. The molecule has 0 aliphatic carbocycles. The van der Waals surface area contributed by atoms with Gasteiger partial charge in [-0.3, -0.25) is 10.1 Å². The minimum absolute atomic E-state index is 0.0690. The summed E-state index contributed by atoms with van der Waals surface area (Å²) < 4.78 is 23.4. The third-order valence-corrected chi connectivity index (χ3v) is 1.27. The summed E-state index contributed by atoms with van der Waals surface area (Å²) in [6.45, 7) is 0. The van der Waals surface area contributed by atoms with Gasteiger partial charge in [-0.15, -0.1) is 0 Å². The molecule has 0 aromatic carbocycles. The van der Waals surface area contributed by atoms with Crippen LogP contribution in [0.3, 0.4) is 0 Å². The summed E-state index contributed by atoms with van der Waals surface area (Å²) in [4.78, 5) is 17.4. The molecule has 0 aliphatic heterocycles. The van der Waals surface area contributed by atoms with E-state index in [1.165, 1.54) is 12.3 Å². The van der Waals surface area contributed by atoms with Crippen LogP contribution in [0.4, 0.5) is 14.7 Å². The van der Waals surface area contributed by atoms with E-state index in [4.69, 9.17) is 11.6 Å². The average Bonchev–Trinajstić information content (AvgIpc) is 2.04. The highest BCUT2D eigenvalue weighted by atomic mass is 35.5. The number of hydrogen-bond donors (Lipinski definition) is 1. The van der Waals surface area contributed by atoms with Crippen molar-refractivity contribution in [2.75, 3.05) is 5.32 Å². The molecule has 0 radical (unpaired) electrons. The fourth-order valence-corrected chi connectivity index (χ4v) is 0.698. The number of anilines is 1. The molecule has 0 unspecified atom stereocenters. The first-order valence-electron chi connectivity index (χ1n) is 3.17. The van der Waals surface area contributed by atoms with Crippen molar-refractivity contribution < 1.29 is 13.6 Å². The van der Waals surface area contributed by atoms with Gasteiger partial charge in [0.15, 0.2) is 0 Å². The lowest BCUT2D eigenvalue weighted by molar-refractivity contribution is -0.126. The summed E-state index contributed by atoms with van der Waals surface area (Å²) >= 11 is 5.42. The monoisotopic (exact) mass is 207 g/mol. The van der Waals surface area contributed by atoms with Crippen LogP contribution in [0.15, 0.2) is 12.3 Å². The van der Waals surface area contributed by atoms with E-state index in [0.717, 1.165) is 0 Å². The average molecular weight is 208 g/mol. The number of rotatable bonds is 2. The van der Waals surface area contributed by atoms with Gasteiger partial charge in [0.25, 0.3) is 5.91 Å². The Kier molecular flexibility index (Phi) is 3.07. The minimum atomic E-state index is -3.09. The third-order valence-electron chi connectivity index (χ3n) is 1.05. The Hall–Kier alpha value is -1.30. The zero-order chi connectivity index (χ0) is 9.84. The van der Waals surface area contributed by atoms with Crippen molar-refractivity contribution in [1.82, 2.24) is 9.97 Å². The molecule has 1 amide bonds. The summed E-state index contributed by atoms with van der Waals surface area (Å²) in [5.41, 5.74) is 0. The molecule has 0 aliphatic rings. The van der Waals surface area contributed by atoms with E-state index in [1.807, 2.05) is 0 Å². The van der Waals surface area contributed by atoms with Crippen molar-refractivity contribution in [1.29, 1.82) is 0 Å². The van der Waals surface area contributed by atoms with Crippen LogP contribution in [0.25, 0.3) is 0 Å². The van der Waals surface area contributed by atoms with Gasteiger partial charge in [0.2, 0.25) is 5.95 Å². The van der Waals surface area contributed by atoms with Crippen molar-refractivity contribution in [2.45, 2.75) is 6.43 Å². The Morgan fingerprint density at radius 3 is 2.85 bits per heavy atom. The van der Waals surface area contributed by atoms with E-state index in [9.17, 15) is 13.6 Å². The number of amides is 1. The first-order valence-corrected chi connectivity index (χ1v) is 3.55. The summed E-state index contributed by atoms with van der Waals surface area (Å²) in [5.74, 6) is -1.69. The number of nitrogens with zero attached hydrogens (tertiary/aromatic N) is 2. The number of alkyl halides is 2. The van der Waals surface area contributed by atoms with E-state index in [2.05, 4.69) is 9.97 Å². The molecule has 1 rings (SSSR count). The van der Waals surface area contributed by atoms with Crippen LogP contribution in [0.1, 0.15) is 0 Å². The van der Waals surface area contributed by atoms with Crippen molar-refractivity contribution >= 4 is 23.5 Å². The number of carbonyl (C=O) groups excluding carboxylic acids is 1. The van der Waals surface area contributed by atoms with Gasteiger partial charge in [0.1, 0.15) is 5.15 Å². The predicted octanol–water partition coefficient (Wildman–Crippen LogP) is 1.33. The van der Waals surface area contributed by atoms with Crippen molar-refractivity contribution in [3.63, 3.8) is 0 Å². The molecule has 0 fully saturated rings. The van der Waals surface area contributed by atoms with Crippen LogP contribution in [0.5, 0.6) is 0 Å². The Morgan fingerprint density at radius 2 is 2.31 bits per heavy atom. The lowest BCUT2D eigenvalue weighted by atomic mass is 10.6. The minimum Gasteiger partial charge on any atom is -0.289 e. The van der Waals surface area contributed by atoms with Crippen molar-refractivity contribution in [3.05, 3.63) is 17.4 Å². The largest absolute Gasteiger partial charge is 0.315 e. The predicted molar refractivity (Wildman–Crippen MR) is 41.7 cm³/mol. The molecule has 1 aromatic heterocycles. The quantitative estimate of drug-likeness (QED) is 0.745. The summed E-state index contributed by atoms with van der Waals surface area (Å²) in [5, 5.41) is 1.86. The molecule has 0 atom stereocenters. The Labute approximate surface area is 76.9 Å². The number of hydrogen-bond acceptors (Lipinski definition) is 3. The number of aromatic nitrogens is 2. The first kappa shape index (κ1) is 9.79. The van der Waals surface area contributed by atoms with Gasteiger partial charge in [-0.25, -0.2) is 9.97 Å². The van der Waals surface area contributed by atoms with Gasteiger partial charge < -0.3 is 0 Å². The fourth-order valence-electron chi connectivity index (χ4n) is 0.562. The molecule has 0 saturated heterocycles. The zero-order valence-corrected chi connectivity index (χ0v) is 6.92. The summed E-state index contributed by atoms with van der Waals surface area (Å²) in [7, 11) is 0. The van der Waals surface area contributed by atoms with Crippen LogP contribution in [-0.2, 0) is 4.79 Å². The van der Waals surface area contributed by atoms with Crippen LogP contribution < -0.4 is 5.32 Å². The van der Waals surface area contributed by atoms with E-state index >= 15 is 0 Å². The van der Waals surface area contributed by atoms with Crippen LogP contribution in [0.2, 0.25) is 5.15 Å². The van der Waals surface area contributed by atoms with Gasteiger partial charge in [-0.1, -0.05) is 11.6 Å². The number of nitrogens with one attached hydrogen (secondary N) is 1. The maximum atomic E-state index is 11.7. The van der Waals surface area contributed by atoms with Gasteiger partial charge in [0, 0.05) is 6.20 Å². The van der Waals surface area contributed by atoms with Crippen molar-refractivity contribution in [3.8, 4) is 0 Å². The second-order valence-corrected chi connectivity index (χ2v) is 2.38. The first-order chi connectivity index (χ1) is 6.09. The molecule has 0 spiro atoms. The molecule has 1 aromatic rings. The lowest BCUT2D eigenvalue weighted by Gasteiger charge is -2.01. The highest BCUT2D eigenvalue weighted by molar-refractivity contribution is 6.29. The topological polar surface area (TPSA) is 54.9 Å². The Balaban J connectivity index is 2.69. The van der Waals surface area contributed by atoms with Crippen molar-refractivity contribution in [2.24, 2.45) is 0 Å². The van der Waals surface area contributed by atoms with E-state index in [0.29, 0.717) is 0 Å².